The van der Waals surface area contributed by atoms with E-state index in [-0.39, 0.29) is 23.9 Å². The second-order valence-electron chi connectivity index (χ2n) is 7.62. The first-order chi connectivity index (χ1) is 15.2. The molecule has 31 heavy (non-hydrogen) atoms. The Morgan fingerprint density at radius 1 is 1.23 bits per heavy atom. The van der Waals surface area contributed by atoms with Gasteiger partial charge in [-0.3, -0.25) is 14.2 Å². The highest BCUT2D eigenvalue weighted by Crippen LogP contribution is 2.35. The van der Waals surface area contributed by atoms with E-state index in [0.29, 0.717) is 28.8 Å². The second kappa shape index (κ2) is 8.51. The molecule has 0 unspecified atom stereocenters. The molecule has 0 radical (unpaired) electrons. The molecule has 6 nitrogen and oxygen atoms in total. The fourth-order valence-corrected chi connectivity index (χ4v) is 6.29. The predicted molar refractivity (Wildman–Crippen MR) is 123 cm³/mol. The van der Waals surface area contributed by atoms with E-state index in [1.807, 2.05) is 0 Å². The Balaban J connectivity index is 1.46. The fourth-order valence-electron chi connectivity index (χ4n) is 4.08. The van der Waals surface area contributed by atoms with Gasteiger partial charge in [0.2, 0.25) is 6.79 Å². The number of nitrogens with zero attached hydrogens (tertiary/aromatic N) is 2. The SMILES string of the molecule is C=CCn1c(SCC(=O)c2ccc3c(c2)OCO3)nc2sc3c(c2c1=O)CCCCC3. The monoisotopic (exact) mass is 454 g/mol. The van der Waals surface area contributed by atoms with E-state index in [2.05, 4.69) is 6.58 Å². The summed E-state index contributed by atoms with van der Waals surface area (Å²) in [7, 11) is 0. The third kappa shape index (κ3) is 3.78. The number of fused-ring (bicyclic) bond motifs is 4. The predicted octanol–water partition coefficient (Wildman–Crippen LogP) is 4.62. The van der Waals surface area contributed by atoms with E-state index < -0.39 is 0 Å². The first-order valence-corrected chi connectivity index (χ1v) is 12.2. The summed E-state index contributed by atoms with van der Waals surface area (Å²) in [6, 6.07) is 5.19. The van der Waals surface area contributed by atoms with Crippen LogP contribution in [-0.4, -0.2) is 27.9 Å². The van der Waals surface area contributed by atoms with Crippen molar-refractivity contribution in [3.63, 3.8) is 0 Å². The van der Waals surface area contributed by atoms with Crippen LogP contribution in [0.15, 0.2) is 40.8 Å². The number of hydrogen-bond donors (Lipinski definition) is 0. The number of aryl methyl sites for hydroxylation is 2. The fraction of sp³-hybridized carbons (Fsp3) is 0.348. The maximum absolute atomic E-state index is 13.4. The van der Waals surface area contributed by atoms with E-state index >= 15 is 0 Å². The number of hydrogen-bond acceptors (Lipinski definition) is 7. The van der Waals surface area contributed by atoms with E-state index in [1.54, 1.807) is 40.2 Å². The lowest BCUT2D eigenvalue weighted by molar-refractivity contribution is 0.102. The van der Waals surface area contributed by atoms with Gasteiger partial charge in [-0.15, -0.1) is 17.9 Å². The summed E-state index contributed by atoms with van der Waals surface area (Å²) in [6.45, 7) is 4.34. The third-order valence-corrected chi connectivity index (χ3v) is 7.79. The summed E-state index contributed by atoms with van der Waals surface area (Å²) in [4.78, 5) is 33.1. The van der Waals surface area contributed by atoms with Crippen molar-refractivity contribution < 1.29 is 14.3 Å². The van der Waals surface area contributed by atoms with Gasteiger partial charge in [0.25, 0.3) is 5.56 Å². The number of carbonyl (C=O) groups excluding carboxylic acids is 1. The molecule has 8 heteroatoms. The molecule has 0 amide bonds. The molecule has 0 bridgehead atoms. The molecule has 2 aliphatic rings. The normalized spacial score (nSPS) is 15.0. The third-order valence-electron chi connectivity index (χ3n) is 5.63. The van der Waals surface area contributed by atoms with Crippen LogP contribution in [0.2, 0.25) is 0 Å². The molecule has 3 heterocycles. The van der Waals surface area contributed by atoms with Crippen LogP contribution in [0, 0.1) is 0 Å². The molecular weight excluding hydrogens is 432 g/mol. The lowest BCUT2D eigenvalue weighted by atomic mass is 10.1. The number of thioether (sulfide) groups is 1. The molecule has 0 saturated carbocycles. The molecule has 0 N–H and O–H groups in total. The van der Waals surface area contributed by atoms with Crippen molar-refractivity contribution in [1.29, 1.82) is 0 Å². The minimum atomic E-state index is -0.0511. The van der Waals surface area contributed by atoms with Crippen LogP contribution in [0.3, 0.4) is 0 Å². The quantitative estimate of drug-likeness (QED) is 0.178. The first kappa shape index (κ1) is 20.3. The molecule has 0 spiro atoms. The van der Waals surface area contributed by atoms with Crippen molar-refractivity contribution >= 4 is 39.1 Å². The zero-order chi connectivity index (χ0) is 21.4. The van der Waals surface area contributed by atoms with Gasteiger partial charge in [-0.1, -0.05) is 24.3 Å². The maximum Gasteiger partial charge on any atom is 0.263 e. The van der Waals surface area contributed by atoms with Crippen molar-refractivity contribution in [3.8, 4) is 11.5 Å². The van der Waals surface area contributed by atoms with Crippen molar-refractivity contribution in [1.82, 2.24) is 9.55 Å². The Morgan fingerprint density at radius 3 is 2.94 bits per heavy atom. The van der Waals surface area contributed by atoms with Crippen molar-refractivity contribution in [3.05, 3.63) is 57.2 Å². The topological polar surface area (TPSA) is 70.4 Å². The molecule has 1 aromatic carbocycles. The minimum Gasteiger partial charge on any atom is -0.454 e. The molecular formula is C23H22N2O4S2. The van der Waals surface area contributed by atoms with Crippen molar-refractivity contribution in [2.45, 2.75) is 43.8 Å². The largest absolute Gasteiger partial charge is 0.454 e. The maximum atomic E-state index is 13.4. The van der Waals surface area contributed by atoms with Crippen molar-refractivity contribution in [2.24, 2.45) is 0 Å². The van der Waals surface area contributed by atoms with Gasteiger partial charge >= 0.3 is 0 Å². The summed E-state index contributed by atoms with van der Waals surface area (Å²) >= 11 is 2.92. The highest BCUT2D eigenvalue weighted by atomic mass is 32.2. The average molecular weight is 455 g/mol. The molecule has 1 aliphatic carbocycles. The number of benzene rings is 1. The number of thiophene rings is 1. The Morgan fingerprint density at radius 2 is 2.06 bits per heavy atom. The Bertz CT molecular complexity index is 1240. The number of ketones is 1. The van der Waals surface area contributed by atoms with Crippen molar-refractivity contribution in [2.75, 3.05) is 12.5 Å². The van der Waals surface area contributed by atoms with E-state index in [4.69, 9.17) is 14.5 Å². The van der Waals surface area contributed by atoms with Crippen LogP contribution in [0.25, 0.3) is 10.2 Å². The highest BCUT2D eigenvalue weighted by molar-refractivity contribution is 7.99. The van der Waals surface area contributed by atoms with Gasteiger partial charge in [-0.05, 0) is 49.4 Å². The summed E-state index contributed by atoms with van der Waals surface area (Å²) < 4.78 is 12.3. The van der Waals surface area contributed by atoms with E-state index in [1.165, 1.54) is 28.6 Å². The summed E-state index contributed by atoms with van der Waals surface area (Å²) in [5.41, 5.74) is 1.71. The molecule has 0 atom stereocenters. The lowest BCUT2D eigenvalue weighted by Crippen LogP contribution is -2.23. The molecule has 160 valence electrons. The number of carbonyl (C=O) groups is 1. The molecule has 3 aromatic rings. The van der Waals surface area contributed by atoms with Gasteiger partial charge in [0.1, 0.15) is 4.83 Å². The number of rotatable bonds is 6. The lowest BCUT2D eigenvalue weighted by Gasteiger charge is -2.10. The molecule has 5 rings (SSSR count). The number of allylic oxidation sites excluding steroid dienone is 1. The van der Waals surface area contributed by atoms with Gasteiger partial charge in [-0.25, -0.2) is 4.98 Å². The molecule has 1 aliphatic heterocycles. The second-order valence-corrected chi connectivity index (χ2v) is 9.65. The standard InChI is InChI=1S/C23H22N2O4S2/c1-2-10-25-22(27)20-15-6-4-3-5-7-19(15)31-21(20)24-23(25)30-12-16(26)14-8-9-17-18(11-14)29-13-28-17/h2,8-9,11H,1,3-7,10,12-13H2. The number of ether oxygens (including phenoxy) is 2. The smallest absolute Gasteiger partial charge is 0.263 e. The van der Waals surface area contributed by atoms with Crippen LogP contribution in [0.1, 0.15) is 40.1 Å². The first-order valence-electron chi connectivity index (χ1n) is 10.4. The van der Waals surface area contributed by atoms with Gasteiger partial charge < -0.3 is 9.47 Å². The minimum absolute atomic E-state index is 0.0256. The molecule has 2 aromatic heterocycles. The summed E-state index contributed by atoms with van der Waals surface area (Å²) in [5.74, 6) is 1.36. The average Bonchev–Trinajstić information content (AvgIpc) is 3.31. The van der Waals surface area contributed by atoms with Crippen LogP contribution in [0.4, 0.5) is 0 Å². The Kier molecular flexibility index (Phi) is 5.58. The van der Waals surface area contributed by atoms with Crippen LogP contribution in [-0.2, 0) is 19.4 Å². The van der Waals surface area contributed by atoms with Crippen LogP contribution in [0.5, 0.6) is 11.5 Å². The van der Waals surface area contributed by atoms with E-state index in [9.17, 15) is 9.59 Å². The Hall–Kier alpha value is -2.58. The van der Waals surface area contributed by atoms with E-state index in [0.717, 1.165) is 35.9 Å². The Labute approximate surface area is 187 Å². The van der Waals surface area contributed by atoms with Gasteiger partial charge in [-0.2, -0.15) is 0 Å². The molecule has 0 fully saturated rings. The highest BCUT2D eigenvalue weighted by Gasteiger charge is 2.22. The van der Waals surface area contributed by atoms with Crippen LogP contribution >= 0.6 is 23.1 Å². The summed E-state index contributed by atoms with van der Waals surface area (Å²) in [5, 5.41) is 1.32. The van der Waals surface area contributed by atoms with Gasteiger partial charge in [0.05, 0.1) is 11.1 Å². The zero-order valence-electron chi connectivity index (χ0n) is 17.0. The molecule has 0 saturated heterocycles. The number of aromatic nitrogens is 2. The van der Waals surface area contributed by atoms with Crippen LogP contribution < -0.4 is 15.0 Å². The van der Waals surface area contributed by atoms with Gasteiger partial charge in [0, 0.05) is 17.0 Å². The van der Waals surface area contributed by atoms with Gasteiger partial charge in [0.15, 0.2) is 22.4 Å². The number of Topliss-reactive ketones (excluding diaryl/α,β-unsaturated/α-hetero) is 1. The summed E-state index contributed by atoms with van der Waals surface area (Å²) in [6.07, 6.45) is 7.13. The zero-order valence-corrected chi connectivity index (χ0v) is 18.7.